The first-order chi connectivity index (χ1) is 9.15. The second-order valence-corrected chi connectivity index (χ2v) is 4.08. The van der Waals surface area contributed by atoms with E-state index in [1.54, 1.807) is 7.11 Å². The highest BCUT2D eigenvalue weighted by Gasteiger charge is 2.18. The Labute approximate surface area is 114 Å². The number of carbonyl (C=O) groups is 1. The molecular weight excluding hydrogens is 270 g/mol. The molecule has 0 bridgehead atoms. The van der Waals surface area contributed by atoms with E-state index in [1.807, 2.05) is 24.3 Å². The molecule has 0 unspecified atom stereocenters. The molecule has 0 N–H and O–H groups in total. The van der Waals surface area contributed by atoms with Crippen LogP contribution in [0.3, 0.4) is 0 Å². The van der Waals surface area contributed by atoms with Crippen molar-refractivity contribution >= 4 is 17.6 Å². The van der Waals surface area contributed by atoms with Gasteiger partial charge in [-0.15, -0.1) is 5.10 Å². The highest BCUT2D eigenvalue weighted by Crippen LogP contribution is 2.17. The van der Waals surface area contributed by atoms with E-state index in [-0.39, 0.29) is 10.8 Å². The van der Waals surface area contributed by atoms with Crippen LogP contribution in [0, 0.1) is 0 Å². The maximum absolute atomic E-state index is 11.3. The van der Waals surface area contributed by atoms with Gasteiger partial charge in [-0.05, 0) is 17.7 Å². The average molecular weight is 282 g/mol. The van der Waals surface area contributed by atoms with Gasteiger partial charge in [0, 0.05) is 0 Å². The number of carbonyl (C=O) groups excluding carboxylic acids is 1. The van der Waals surface area contributed by atoms with Crippen molar-refractivity contribution in [2.75, 3.05) is 14.2 Å². The summed E-state index contributed by atoms with van der Waals surface area (Å²) in [6.07, 6.45) is 0. The molecule has 0 radical (unpaired) electrons. The second-order valence-electron chi connectivity index (χ2n) is 3.73. The summed E-state index contributed by atoms with van der Waals surface area (Å²) >= 11 is 6.02. The Morgan fingerprint density at radius 1 is 1.32 bits per heavy atom. The normalized spacial score (nSPS) is 10.3. The molecule has 1 aromatic heterocycles. The van der Waals surface area contributed by atoms with Crippen molar-refractivity contribution in [2.45, 2.75) is 6.54 Å². The van der Waals surface area contributed by atoms with Gasteiger partial charge in [0.05, 0.1) is 20.8 Å². The molecule has 0 spiro atoms. The van der Waals surface area contributed by atoms with Crippen LogP contribution in [0.1, 0.15) is 16.1 Å². The van der Waals surface area contributed by atoms with Gasteiger partial charge in [-0.3, -0.25) is 0 Å². The molecule has 0 amide bonds. The molecule has 6 nitrogen and oxygen atoms in total. The van der Waals surface area contributed by atoms with Crippen molar-refractivity contribution in [3.05, 3.63) is 40.7 Å². The summed E-state index contributed by atoms with van der Waals surface area (Å²) in [5.41, 5.74) is 0.974. The van der Waals surface area contributed by atoms with Crippen LogP contribution < -0.4 is 4.74 Å². The van der Waals surface area contributed by atoms with Crippen LogP contribution in [-0.4, -0.2) is 35.2 Å². The molecule has 0 aliphatic rings. The highest BCUT2D eigenvalue weighted by molar-refractivity contribution is 6.32. The maximum atomic E-state index is 11.3. The van der Waals surface area contributed by atoms with E-state index >= 15 is 0 Å². The predicted molar refractivity (Wildman–Crippen MR) is 68.5 cm³/mol. The number of hydrogen-bond acceptors (Lipinski definition) is 5. The molecule has 0 saturated heterocycles. The topological polar surface area (TPSA) is 66.2 Å². The molecule has 0 aliphatic carbocycles. The third-order valence-corrected chi connectivity index (χ3v) is 2.92. The minimum Gasteiger partial charge on any atom is -0.497 e. The minimum absolute atomic E-state index is 0.0117. The van der Waals surface area contributed by atoms with Crippen LogP contribution in [0.4, 0.5) is 0 Å². The van der Waals surface area contributed by atoms with Gasteiger partial charge in [0.25, 0.3) is 0 Å². The number of halogens is 1. The largest absolute Gasteiger partial charge is 0.497 e. The second kappa shape index (κ2) is 5.71. The van der Waals surface area contributed by atoms with E-state index < -0.39 is 5.97 Å². The number of esters is 1. The Morgan fingerprint density at radius 3 is 2.58 bits per heavy atom. The molecule has 2 rings (SSSR count). The van der Waals surface area contributed by atoms with E-state index in [4.69, 9.17) is 16.3 Å². The summed E-state index contributed by atoms with van der Waals surface area (Å²) in [7, 11) is 2.87. The number of hydrogen-bond donors (Lipinski definition) is 0. The van der Waals surface area contributed by atoms with Crippen molar-refractivity contribution in [3.63, 3.8) is 0 Å². The summed E-state index contributed by atoms with van der Waals surface area (Å²) in [6.45, 7) is 0.410. The lowest BCUT2D eigenvalue weighted by Crippen LogP contribution is -2.04. The Balaban J connectivity index is 2.19. The molecule has 1 aromatic carbocycles. The Morgan fingerprint density at radius 2 is 2.00 bits per heavy atom. The van der Waals surface area contributed by atoms with E-state index in [0.717, 1.165) is 11.3 Å². The van der Waals surface area contributed by atoms with E-state index in [2.05, 4.69) is 15.0 Å². The van der Waals surface area contributed by atoms with Gasteiger partial charge in [-0.2, -0.15) is 0 Å². The van der Waals surface area contributed by atoms with Crippen LogP contribution in [-0.2, 0) is 11.3 Å². The van der Waals surface area contributed by atoms with Crippen molar-refractivity contribution in [3.8, 4) is 5.75 Å². The van der Waals surface area contributed by atoms with Crippen LogP contribution in [0.15, 0.2) is 24.3 Å². The summed E-state index contributed by atoms with van der Waals surface area (Å²) < 4.78 is 11.1. The van der Waals surface area contributed by atoms with Gasteiger partial charge in [0.15, 0.2) is 5.15 Å². The molecule has 0 fully saturated rings. The fourth-order valence-electron chi connectivity index (χ4n) is 1.53. The molecule has 0 aliphatic heterocycles. The van der Waals surface area contributed by atoms with Crippen molar-refractivity contribution in [1.82, 2.24) is 15.0 Å². The first-order valence-electron chi connectivity index (χ1n) is 5.46. The summed E-state index contributed by atoms with van der Waals surface area (Å²) in [4.78, 5) is 11.3. The number of benzene rings is 1. The molecule has 0 saturated carbocycles. The first-order valence-corrected chi connectivity index (χ1v) is 5.83. The Kier molecular flexibility index (Phi) is 4.01. The number of rotatable bonds is 4. The fourth-order valence-corrected chi connectivity index (χ4v) is 1.74. The molecule has 7 heteroatoms. The lowest BCUT2D eigenvalue weighted by atomic mass is 10.2. The van der Waals surface area contributed by atoms with Gasteiger partial charge in [-0.25, -0.2) is 9.48 Å². The minimum atomic E-state index is -0.606. The van der Waals surface area contributed by atoms with Gasteiger partial charge < -0.3 is 9.47 Å². The molecule has 0 atom stereocenters. The van der Waals surface area contributed by atoms with E-state index in [1.165, 1.54) is 11.8 Å². The number of ether oxygens (including phenoxy) is 2. The molecule has 2 aromatic rings. The third-order valence-electron chi connectivity index (χ3n) is 2.54. The van der Waals surface area contributed by atoms with Crippen molar-refractivity contribution in [2.24, 2.45) is 0 Å². The van der Waals surface area contributed by atoms with E-state index in [9.17, 15) is 4.79 Å². The summed E-state index contributed by atoms with van der Waals surface area (Å²) in [6, 6.07) is 7.44. The van der Waals surface area contributed by atoms with Gasteiger partial charge in [0.1, 0.15) is 5.75 Å². The van der Waals surface area contributed by atoms with Gasteiger partial charge in [0.2, 0.25) is 5.69 Å². The van der Waals surface area contributed by atoms with Gasteiger partial charge in [-0.1, -0.05) is 28.9 Å². The van der Waals surface area contributed by atoms with E-state index in [0.29, 0.717) is 6.54 Å². The van der Waals surface area contributed by atoms with Gasteiger partial charge >= 0.3 is 5.97 Å². The SMILES string of the molecule is COC(=O)c1nnn(Cc2ccc(OC)cc2)c1Cl. The number of nitrogens with zero attached hydrogens (tertiary/aromatic N) is 3. The monoisotopic (exact) mass is 281 g/mol. The molecule has 1 heterocycles. The standard InChI is InChI=1S/C12H12ClN3O3/c1-18-9-5-3-8(4-6-9)7-16-11(13)10(14-15-16)12(17)19-2/h3-6H,7H2,1-2H3. The zero-order valence-corrected chi connectivity index (χ0v) is 11.2. The summed E-state index contributed by atoms with van der Waals surface area (Å²) in [5.74, 6) is 0.162. The highest BCUT2D eigenvalue weighted by atomic mass is 35.5. The zero-order chi connectivity index (χ0) is 13.8. The van der Waals surface area contributed by atoms with Crippen molar-refractivity contribution < 1.29 is 14.3 Å². The molecule has 19 heavy (non-hydrogen) atoms. The van der Waals surface area contributed by atoms with Crippen LogP contribution in [0.2, 0.25) is 5.15 Å². The quantitative estimate of drug-likeness (QED) is 0.799. The fraction of sp³-hybridized carbons (Fsp3) is 0.250. The predicted octanol–water partition coefficient (Wildman–Crippen LogP) is 1.77. The Bertz CT molecular complexity index is 580. The molecule has 100 valence electrons. The van der Waals surface area contributed by atoms with Crippen LogP contribution in [0.5, 0.6) is 5.75 Å². The lowest BCUT2D eigenvalue weighted by molar-refractivity contribution is 0.0594. The number of aromatic nitrogens is 3. The Hall–Kier alpha value is -2.08. The summed E-state index contributed by atoms with van der Waals surface area (Å²) in [5, 5.41) is 7.68. The number of methoxy groups -OCH3 is 2. The lowest BCUT2D eigenvalue weighted by Gasteiger charge is -2.04. The maximum Gasteiger partial charge on any atom is 0.361 e. The van der Waals surface area contributed by atoms with Crippen LogP contribution >= 0.6 is 11.6 Å². The first kappa shape index (κ1) is 13.4. The van der Waals surface area contributed by atoms with Crippen LogP contribution in [0.25, 0.3) is 0 Å². The third kappa shape index (κ3) is 2.85. The smallest absolute Gasteiger partial charge is 0.361 e. The zero-order valence-electron chi connectivity index (χ0n) is 10.5. The van der Waals surface area contributed by atoms with Crippen molar-refractivity contribution in [1.29, 1.82) is 0 Å². The average Bonchev–Trinajstić information content (AvgIpc) is 2.80. The molecular formula is C12H12ClN3O3.